The fourth-order valence-corrected chi connectivity index (χ4v) is 2.13. The highest BCUT2D eigenvalue weighted by Gasteiger charge is 2.20. The monoisotopic (exact) mass is 307 g/mol. The molecule has 0 spiro atoms. The van der Waals surface area contributed by atoms with Crippen LogP contribution in [0.3, 0.4) is 0 Å². The highest BCUT2D eigenvalue weighted by atomic mass is 32.2. The van der Waals surface area contributed by atoms with Gasteiger partial charge in [0, 0.05) is 11.8 Å². The number of ether oxygens (including phenoxy) is 1. The minimum Gasteiger partial charge on any atom is -0.433 e. The molecule has 1 rings (SSSR count). The third-order valence-corrected chi connectivity index (χ3v) is 3.15. The molecule has 20 heavy (non-hydrogen) atoms. The van der Waals surface area contributed by atoms with E-state index in [0.717, 1.165) is 24.5 Å². The summed E-state index contributed by atoms with van der Waals surface area (Å²) in [6.07, 6.45) is 0.787. The fraction of sp³-hybridized carbons (Fsp3) is 0.200. The van der Waals surface area contributed by atoms with E-state index in [0.29, 0.717) is 0 Å². The van der Waals surface area contributed by atoms with Gasteiger partial charge in [-0.25, -0.2) is 8.42 Å². The van der Waals surface area contributed by atoms with Crippen LogP contribution in [0.15, 0.2) is 28.1 Å². The molecule has 0 bridgehead atoms. The molecule has 10 heteroatoms. The molecule has 0 saturated heterocycles. The van der Waals surface area contributed by atoms with E-state index in [4.69, 9.17) is 11.5 Å². The van der Waals surface area contributed by atoms with Gasteiger partial charge in [0.25, 0.3) is 5.91 Å². The molecule has 0 aliphatic carbocycles. The molecule has 1 aromatic carbocycles. The smallest absolute Gasteiger partial charge is 0.387 e. The number of halogens is 2. The third kappa shape index (κ3) is 4.16. The van der Waals surface area contributed by atoms with Crippen molar-refractivity contribution in [2.45, 2.75) is 11.5 Å². The molecule has 0 heterocycles. The van der Waals surface area contributed by atoms with E-state index in [9.17, 15) is 22.0 Å². The summed E-state index contributed by atoms with van der Waals surface area (Å²) in [5.41, 5.74) is 9.85. The van der Waals surface area contributed by atoms with Crippen LogP contribution in [0.5, 0.6) is 5.75 Å². The van der Waals surface area contributed by atoms with Gasteiger partial charge in [-0.15, -0.1) is 0 Å². The van der Waals surface area contributed by atoms with Crippen molar-refractivity contribution in [3.05, 3.63) is 23.8 Å². The summed E-state index contributed by atoms with van der Waals surface area (Å²) in [5, 5.41) is 0. The van der Waals surface area contributed by atoms with Crippen LogP contribution in [-0.2, 0) is 9.84 Å². The molecular weight excluding hydrogens is 296 g/mol. The normalized spacial score (nSPS) is 11.2. The first-order valence-electron chi connectivity index (χ1n) is 5.04. The zero-order valence-corrected chi connectivity index (χ0v) is 11.0. The van der Waals surface area contributed by atoms with Gasteiger partial charge >= 0.3 is 6.61 Å². The lowest BCUT2D eigenvalue weighted by molar-refractivity contribution is -0.0517. The van der Waals surface area contributed by atoms with Gasteiger partial charge in [-0.05, 0) is 18.2 Å². The van der Waals surface area contributed by atoms with Gasteiger partial charge < -0.3 is 16.2 Å². The average molecular weight is 307 g/mol. The number of sulfone groups is 1. The topological polar surface area (TPSA) is 125 Å². The summed E-state index contributed by atoms with van der Waals surface area (Å²) in [7, 11) is -3.89. The fourth-order valence-electron chi connectivity index (χ4n) is 1.31. The number of hydrogen-bond acceptors (Lipinski definition) is 4. The predicted molar refractivity (Wildman–Crippen MR) is 66.3 cm³/mol. The number of alkyl halides is 2. The molecule has 0 aliphatic heterocycles. The first kappa shape index (κ1) is 15.8. The second kappa shape index (κ2) is 5.82. The van der Waals surface area contributed by atoms with Crippen LogP contribution in [0.25, 0.3) is 0 Å². The molecule has 0 aliphatic rings. The first-order chi connectivity index (χ1) is 9.11. The Kier molecular flexibility index (Phi) is 4.61. The third-order valence-electron chi connectivity index (χ3n) is 2.04. The number of guanidine groups is 1. The second-order valence-electron chi connectivity index (χ2n) is 3.65. The number of benzene rings is 1. The number of nitrogens with zero attached hydrogens (tertiary/aromatic N) is 1. The van der Waals surface area contributed by atoms with Crippen molar-refractivity contribution in [3.63, 3.8) is 0 Å². The Balaban J connectivity index is 3.36. The van der Waals surface area contributed by atoms with E-state index in [1.54, 1.807) is 0 Å². The lowest BCUT2D eigenvalue weighted by Gasteiger charge is -2.10. The quantitative estimate of drug-likeness (QED) is 0.600. The number of hydrogen-bond donors (Lipinski definition) is 2. The van der Waals surface area contributed by atoms with E-state index in [2.05, 4.69) is 9.73 Å². The zero-order valence-electron chi connectivity index (χ0n) is 10.2. The Bertz CT molecular complexity index is 654. The molecule has 4 N–H and O–H groups in total. The molecule has 0 fully saturated rings. The number of aliphatic imine (C=N–C) groups is 1. The lowest BCUT2D eigenvalue weighted by Crippen LogP contribution is -2.24. The van der Waals surface area contributed by atoms with Crippen LogP contribution in [0, 0.1) is 0 Å². The van der Waals surface area contributed by atoms with Crippen molar-refractivity contribution in [1.82, 2.24) is 0 Å². The number of carbonyl (C=O) groups excluding carboxylic acids is 1. The minimum atomic E-state index is -3.89. The molecule has 0 aromatic heterocycles. The summed E-state index contributed by atoms with van der Waals surface area (Å²) in [4.78, 5) is 14.2. The van der Waals surface area contributed by atoms with Crippen molar-refractivity contribution in [2.75, 3.05) is 6.26 Å². The number of amides is 1. The summed E-state index contributed by atoms with van der Waals surface area (Å²) in [5.74, 6) is -1.98. The van der Waals surface area contributed by atoms with Gasteiger partial charge in [-0.2, -0.15) is 13.8 Å². The molecule has 0 saturated carbocycles. The molecular formula is C10H11F2N3O4S. The molecule has 7 nitrogen and oxygen atoms in total. The molecule has 110 valence electrons. The van der Waals surface area contributed by atoms with Crippen LogP contribution in [0.1, 0.15) is 10.4 Å². The van der Waals surface area contributed by atoms with Gasteiger partial charge in [0.2, 0.25) is 0 Å². The maximum absolute atomic E-state index is 12.2. The highest BCUT2D eigenvalue weighted by molar-refractivity contribution is 7.90. The maximum atomic E-state index is 12.2. The lowest BCUT2D eigenvalue weighted by atomic mass is 10.2. The average Bonchev–Trinajstić information content (AvgIpc) is 2.26. The Hall–Kier alpha value is -2.23. The van der Waals surface area contributed by atoms with E-state index in [1.807, 2.05) is 0 Å². The van der Waals surface area contributed by atoms with E-state index in [-0.39, 0.29) is 5.56 Å². The highest BCUT2D eigenvalue weighted by Crippen LogP contribution is 2.27. The van der Waals surface area contributed by atoms with Gasteiger partial charge in [0.15, 0.2) is 15.8 Å². The Morgan fingerprint density at radius 1 is 1.35 bits per heavy atom. The molecule has 0 atom stereocenters. The van der Waals surface area contributed by atoms with Gasteiger partial charge in [-0.1, -0.05) is 0 Å². The van der Waals surface area contributed by atoms with Crippen molar-refractivity contribution in [1.29, 1.82) is 0 Å². The van der Waals surface area contributed by atoms with Crippen LogP contribution < -0.4 is 16.2 Å². The summed E-state index contributed by atoms with van der Waals surface area (Å²) in [6, 6.07) is 2.86. The minimum absolute atomic E-state index is 0.180. The van der Waals surface area contributed by atoms with E-state index < -0.39 is 39.0 Å². The second-order valence-corrected chi connectivity index (χ2v) is 5.64. The standard InChI is InChI=1S/C10H11F2N3O4S/c1-20(17,18)7-4-5(8(16)15-10(13)14)2-3-6(7)19-9(11)12/h2-4,9H,1H3,(H4,13,14,15,16). The molecule has 1 amide bonds. The maximum Gasteiger partial charge on any atom is 0.387 e. The summed E-state index contributed by atoms with van der Waals surface area (Å²) < 4.78 is 51.5. The Morgan fingerprint density at radius 3 is 2.40 bits per heavy atom. The SMILES string of the molecule is CS(=O)(=O)c1cc(C(=O)N=C(N)N)ccc1OC(F)F. The van der Waals surface area contributed by atoms with Crippen LogP contribution >= 0.6 is 0 Å². The number of carbonyl (C=O) groups is 1. The predicted octanol–water partition coefficient (Wildman–Crippen LogP) is 0.105. The van der Waals surface area contributed by atoms with Crippen LogP contribution in [0.2, 0.25) is 0 Å². The largest absolute Gasteiger partial charge is 0.433 e. The van der Waals surface area contributed by atoms with Crippen molar-refractivity contribution >= 4 is 21.7 Å². The van der Waals surface area contributed by atoms with Gasteiger partial charge in [0.1, 0.15) is 10.6 Å². The van der Waals surface area contributed by atoms with Gasteiger partial charge in [-0.3, -0.25) is 4.79 Å². The Labute approximate surface area is 113 Å². The summed E-state index contributed by atoms with van der Waals surface area (Å²) in [6.45, 7) is -3.20. The van der Waals surface area contributed by atoms with Crippen molar-refractivity contribution in [2.24, 2.45) is 16.5 Å². The first-order valence-corrected chi connectivity index (χ1v) is 6.93. The van der Waals surface area contributed by atoms with Gasteiger partial charge in [0.05, 0.1) is 0 Å². The Morgan fingerprint density at radius 2 is 1.95 bits per heavy atom. The number of nitrogens with two attached hydrogens (primary N) is 2. The van der Waals surface area contributed by atoms with E-state index in [1.165, 1.54) is 0 Å². The number of rotatable bonds is 4. The van der Waals surface area contributed by atoms with Crippen LogP contribution in [-0.4, -0.2) is 33.2 Å². The molecule has 0 unspecified atom stereocenters. The van der Waals surface area contributed by atoms with Crippen LogP contribution in [0.4, 0.5) is 8.78 Å². The zero-order chi connectivity index (χ0) is 15.5. The molecule has 1 aromatic rings. The van der Waals surface area contributed by atoms with Crippen molar-refractivity contribution < 1.29 is 26.7 Å². The van der Waals surface area contributed by atoms with E-state index >= 15 is 0 Å². The van der Waals surface area contributed by atoms with Crippen molar-refractivity contribution in [3.8, 4) is 5.75 Å². The molecule has 0 radical (unpaired) electrons. The summed E-state index contributed by atoms with van der Waals surface area (Å²) >= 11 is 0.